The number of anilines is 4. The molecule has 1 saturated carbocycles. The molecule has 3 aromatic rings. The van der Waals surface area contributed by atoms with Crippen LogP contribution in [0.25, 0.3) is 0 Å². The van der Waals surface area contributed by atoms with Gasteiger partial charge in [-0.15, -0.1) is 0 Å². The Hall–Kier alpha value is -3.91. The van der Waals surface area contributed by atoms with Gasteiger partial charge in [0.1, 0.15) is 0 Å². The van der Waals surface area contributed by atoms with E-state index >= 15 is 0 Å². The lowest BCUT2D eigenvalue weighted by Crippen LogP contribution is -2.29. The Balaban J connectivity index is 1.36. The van der Waals surface area contributed by atoms with E-state index in [1.807, 2.05) is 24.3 Å². The summed E-state index contributed by atoms with van der Waals surface area (Å²) < 4.78 is 10.7. The van der Waals surface area contributed by atoms with E-state index in [1.54, 1.807) is 24.4 Å². The number of benzene rings is 1. The van der Waals surface area contributed by atoms with Crippen molar-refractivity contribution in [1.29, 1.82) is 0 Å². The highest BCUT2D eigenvalue weighted by atomic mass is 16.5. The number of hydrogen-bond acceptors (Lipinski definition) is 12. The molecule has 13 nitrogen and oxygen atoms in total. The standard InChI is InChI=1S/C29H41N9O4/c30-12-16-41-18-19-42-17-15-32-26(40)21-4-3-6-24(20-21)35-29-37-27(33-14-11-22-5-1-2-13-31-22)36-28(38-29)34-23-7-9-25(39)10-8-23/h1-6,13,20,23,25,39H,7-12,14-19,30H2,(H,32,40)(H3,33,34,35,36,37,38). The van der Waals surface area contributed by atoms with Crippen molar-refractivity contribution in [2.24, 2.45) is 5.73 Å². The lowest BCUT2D eigenvalue weighted by Gasteiger charge is -2.26. The summed E-state index contributed by atoms with van der Waals surface area (Å²) in [5.74, 6) is 0.989. The summed E-state index contributed by atoms with van der Waals surface area (Å²) in [5, 5.41) is 22.6. The van der Waals surface area contributed by atoms with Crippen LogP contribution in [0.4, 0.5) is 23.5 Å². The zero-order valence-electron chi connectivity index (χ0n) is 23.8. The predicted molar refractivity (Wildman–Crippen MR) is 161 cm³/mol. The Labute approximate surface area is 246 Å². The van der Waals surface area contributed by atoms with Gasteiger partial charge in [-0.05, 0) is 56.0 Å². The van der Waals surface area contributed by atoms with Crippen LogP contribution in [0.2, 0.25) is 0 Å². The van der Waals surface area contributed by atoms with Crippen molar-refractivity contribution in [3.05, 3.63) is 59.9 Å². The third-order valence-electron chi connectivity index (χ3n) is 6.60. The highest BCUT2D eigenvalue weighted by Gasteiger charge is 2.20. The van der Waals surface area contributed by atoms with E-state index in [0.717, 1.165) is 31.4 Å². The van der Waals surface area contributed by atoms with Gasteiger partial charge in [0, 0.05) is 55.2 Å². The van der Waals surface area contributed by atoms with Crippen LogP contribution in [0, 0.1) is 0 Å². The molecule has 0 atom stereocenters. The smallest absolute Gasteiger partial charge is 0.251 e. The molecule has 226 valence electrons. The number of aliphatic hydroxyl groups is 1. The van der Waals surface area contributed by atoms with Crippen molar-refractivity contribution in [2.45, 2.75) is 44.2 Å². The number of nitrogens with one attached hydrogen (secondary N) is 4. The maximum Gasteiger partial charge on any atom is 0.251 e. The second-order valence-electron chi connectivity index (χ2n) is 9.93. The van der Waals surface area contributed by atoms with Crippen LogP contribution < -0.4 is 27.0 Å². The van der Waals surface area contributed by atoms with E-state index in [4.69, 9.17) is 15.2 Å². The first kappa shape index (κ1) is 31.0. The number of pyridine rings is 1. The molecule has 1 amide bonds. The second kappa shape index (κ2) is 17.1. The molecular formula is C29H41N9O4. The molecule has 0 radical (unpaired) electrons. The Morgan fingerprint density at radius 1 is 0.905 bits per heavy atom. The van der Waals surface area contributed by atoms with Crippen LogP contribution in [0.5, 0.6) is 0 Å². The number of aliphatic hydroxyl groups excluding tert-OH is 1. The van der Waals surface area contributed by atoms with Crippen molar-refractivity contribution in [2.75, 3.05) is 62.0 Å². The maximum absolute atomic E-state index is 12.7. The number of carbonyl (C=O) groups is 1. The van der Waals surface area contributed by atoms with Gasteiger partial charge in [0.05, 0.1) is 32.5 Å². The molecule has 2 heterocycles. The fourth-order valence-corrected chi connectivity index (χ4v) is 4.44. The number of carbonyl (C=O) groups excluding carboxylic acids is 1. The van der Waals surface area contributed by atoms with Gasteiger partial charge in [-0.2, -0.15) is 15.0 Å². The van der Waals surface area contributed by atoms with Crippen LogP contribution >= 0.6 is 0 Å². The molecule has 2 aromatic heterocycles. The van der Waals surface area contributed by atoms with E-state index < -0.39 is 0 Å². The van der Waals surface area contributed by atoms with E-state index in [-0.39, 0.29) is 18.1 Å². The van der Waals surface area contributed by atoms with Gasteiger partial charge in [0.2, 0.25) is 17.8 Å². The van der Waals surface area contributed by atoms with Gasteiger partial charge in [-0.1, -0.05) is 12.1 Å². The Bertz CT molecular complexity index is 1230. The van der Waals surface area contributed by atoms with Crippen molar-refractivity contribution in [3.8, 4) is 0 Å². The van der Waals surface area contributed by atoms with Crippen molar-refractivity contribution < 1.29 is 19.4 Å². The lowest BCUT2D eigenvalue weighted by molar-refractivity contribution is 0.0511. The first-order valence-electron chi connectivity index (χ1n) is 14.4. The van der Waals surface area contributed by atoms with Crippen LogP contribution in [0.1, 0.15) is 41.7 Å². The molecule has 1 fully saturated rings. The quantitative estimate of drug-likeness (QED) is 0.128. The van der Waals surface area contributed by atoms with Crippen LogP contribution in [0.15, 0.2) is 48.7 Å². The zero-order chi connectivity index (χ0) is 29.4. The van der Waals surface area contributed by atoms with Crippen LogP contribution in [0.3, 0.4) is 0 Å². The number of rotatable bonds is 17. The number of nitrogens with two attached hydrogens (primary N) is 1. The Morgan fingerprint density at radius 3 is 2.48 bits per heavy atom. The summed E-state index contributed by atoms with van der Waals surface area (Å²) in [6.07, 6.45) is 5.39. The molecule has 0 spiro atoms. The molecule has 42 heavy (non-hydrogen) atoms. The Morgan fingerprint density at radius 2 is 1.69 bits per heavy atom. The van der Waals surface area contributed by atoms with Gasteiger partial charge in [0.25, 0.3) is 5.91 Å². The lowest BCUT2D eigenvalue weighted by atomic mass is 9.93. The molecule has 0 bridgehead atoms. The molecule has 1 aliphatic rings. The van der Waals surface area contributed by atoms with E-state index in [2.05, 4.69) is 41.2 Å². The summed E-state index contributed by atoms with van der Waals surface area (Å²) in [4.78, 5) is 30.8. The van der Waals surface area contributed by atoms with Crippen molar-refractivity contribution in [3.63, 3.8) is 0 Å². The predicted octanol–water partition coefficient (Wildman–Crippen LogP) is 2.10. The molecule has 13 heteroatoms. The molecule has 7 N–H and O–H groups in total. The molecule has 4 rings (SSSR count). The molecule has 1 aliphatic carbocycles. The monoisotopic (exact) mass is 579 g/mol. The summed E-state index contributed by atoms with van der Waals surface area (Å²) in [5.41, 5.74) is 7.50. The molecule has 0 saturated heterocycles. The first-order valence-corrected chi connectivity index (χ1v) is 14.4. The highest BCUT2D eigenvalue weighted by molar-refractivity contribution is 5.95. The third-order valence-corrected chi connectivity index (χ3v) is 6.60. The van der Waals surface area contributed by atoms with Gasteiger partial charge >= 0.3 is 0 Å². The minimum atomic E-state index is -0.250. The summed E-state index contributed by atoms with van der Waals surface area (Å²) in [6.45, 7) is 3.25. The topological polar surface area (TPSA) is 181 Å². The van der Waals surface area contributed by atoms with Crippen LogP contribution in [-0.4, -0.2) is 89.2 Å². The first-order chi connectivity index (χ1) is 20.6. The average molecular weight is 580 g/mol. The zero-order valence-corrected chi connectivity index (χ0v) is 23.8. The molecule has 0 aliphatic heterocycles. The second-order valence-corrected chi connectivity index (χ2v) is 9.93. The minimum Gasteiger partial charge on any atom is -0.393 e. The largest absolute Gasteiger partial charge is 0.393 e. The van der Waals surface area contributed by atoms with Gasteiger partial charge in [-0.25, -0.2) is 0 Å². The van der Waals surface area contributed by atoms with Crippen molar-refractivity contribution >= 4 is 29.4 Å². The Kier molecular flexibility index (Phi) is 12.7. The van der Waals surface area contributed by atoms with Gasteiger partial charge < -0.3 is 41.6 Å². The highest BCUT2D eigenvalue weighted by Crippen LogP contribution is 2.23. The molecular weight excluding hydrogens is 538 g/mol. The SMILES string of the molecule is NCCOCCOCCNC(=O)c1cccc(Nc2nc(NCCc3ccccn3)nc(NC3CCC(O)CC3)n2)c1. The summed E-state index contributed by atoms with van der Waals surface area (Å²) in [6, 6.07) is 13.1. The van der Waals surface area contributed by atoms with Crippen molar-refractivity contribution in [1.82, 2.24) is 25.3 Å². The normalized spacial score (nSPS) is 16.5. The van der Waals surface area contributed by atoms with E-state index in [1.165, 1.54) is 0 Å². The molecule has 0 unspecified atom stereocenters. The number of nitrogens with zero attached hydrogens (tertiary/aromatic N) is 4. The number of amides is 1. The average Bonchev–Trinajstić information content (AvgIpc) is 3.00. The number of ether oxygens (including phenoxy) is 2. The van der Waals surface area contributed by atoms with E-state index in [0.29, 0.717) is 81.6 Å². The third kappa shape index (κ3) is 10.8. The fourth-order valence-electron chi connectivity index (χ4n) is 4.44. The minimum absolute atomic E-state index is 0.166. The summed E-state index contributed by atoms with van der Waals surface area (Å²) >= 11 is 0. The van der Waals surface area contributed by atoms with Gasteiger partial charge in [0.15, 0.2) is 0 Å². The fraction of sp³-hybridized carbons (Fsp3) is 0.483. The number of hydrogen-bond donors (Lipinski definition) is 6. The van der Waals surface area contributed by atoms with Gasteiger partial charge in [-0.3, -0.25) is 9.78 Å². The number of aromatic nitrogens is 4. The molecule has 1 aromatic carbocycles. The maximum atomic E-state index is 12.7. The van der Waals surface area contributed by atoms with Crippen LogP contribution in [-0.2, 0) is 15.9 Å². The summed E-state index contributed by atoms with van der Waals surface area (Å²) in [7, 11) is 0. The van der Waals surface area contributed by atoms with E-state index in [9.17, 15) is 9.90 Å².